The smallest absolute Gasteiger partial charge is 0.118 e. The van der Waals surface area contributed by atoms with Crippen molar-refractivity contribution in [3.63, 3.8) is 0 Å². The van der Waals surface area contributed by atoms with Crippen molar-refractivity contribution in [2.24, 2.45) is 0 Å². The summed E-state index contributed by atoms with van der Waals surface area (Å²) in [5, 5.41) is 6.49. The second kappa shape index (κ2) is 8.71. The first-order valence-corrected chi connectivity index (χ1v) is 10.4. The van der Waals surface area contributed by atoms with Gasteiger partial charge in [-0.05, 0) is 54.6 Å². The summed E-state index contributed by atoms with van der Waals surface area (Å²) in [7, 11) is 0.419. The monoisotopic (exact) mass is 400 g/mol. The zero-order valence-corrected chi connectivity index (χ0v) is 16.8. The van der Waals surface area contributed by atoms with E-state index in [0.29, 0.717) is 0 Å². The molecule has 0 spiro atoms. The highest BCUT2D eigenvalue weighted by Crippen LogP contribution is 2.27. The number of ether oxygens (including phenoxy) is 1. The maximum absolute atomic E-state index is 12.6. The fourth-order valence-electron chi connectivity index (χ4n) is 2.96. The van der Waals surface area contributed by atoms with Crippen LogP contribution in [0.4, 0.5) is 0 Å². The van der Waals surface area contributed by atoms with Gasteiger partial charge >= 0.3 is 0 Å². The molecule has 1 heterocycles. The Morgan fingerprint density at radius 2 is 1.55 bits per heavy atom. The van der Waals surface area contributed by atoms with Crippen molar-refractivity contribution in [2.75, 3.05) is 7.11 Å². The molecule has 0 fully saturated rings. The van der Waals surface area contributed by atoms with Crippen LogP contribution in [0.5, 0.6) is 5.75 Å². The van der Waals surface area contributed by atoms with Gasteiger partial charge in [-0.25, -0.2) is 8.89 Å². The summed E-state index contributed by atoms with van der Waals surface area (Å²) in [4.78, 5) is 0.769. The number of benzene rings is 3. The van der Waals surface area contributed by atoms with Gasteiger partial charge in [-0.3, -0.25) is 0 Å². The van der Waals surface area contributed by atoms with Crippen LogP contribution in [0.2, 0.25) is 0 Å². The molecule has 4 nitrogen and oxygen atoms in total. The first-order chi connectivity index (χ1) is 14.2. The average Bonchev–Trinajstić information content (AvgIpc) is 3.23. The fraction of sp³-hybridized carbons (Fsp3) is 0.0417. The summed E-state index contributed by atoms with van der Waals surface area (Å²) in [6.07, 6.45) is 3.82. The van der Waals surface area contributed by atoms with Gasteiger partial charge in [0.1, 0.15) is 5.75 Å². The fourth-order valence-corrected chi connectivity index (χ4v) is 3.82. The normalized spacial score (nSPS) is 12.2. The summed E-state index contributed by atoms with van der Waals surface area (Å²) >= 11 is 0. The molecule has 0 saturated heterocycles. The van der Waals surface area contributed by atoms with Crippen LogP contribution in [-0.4, -0.2) is 21.1 Å². The SMILES string of the molecule is COc1ccc(-c2nn(-c3ccccc3)cc2/C=C/S(=O)c2ccccc2)cc1. The summed E-state index contributed by atoms with van der Waals surface area (Å²) < 4.78 is 19.7. The molecule has 29 heavy (non-hydrogen) atoms. The molecular formula is C24H20N2O2S. The average molecular weight is 401 g/mol. The van der Waals surface area contributed by atoms with Gasteiger partial charge in [-0.1, -0.05) is 36.4 Å². The van der Waals surface area contributed by atoms with Gasteiger partial charge in [0.2, 0.25) is 0 Å². The van der Waals surface area contributed by atoms with E-state index >= 15 is 0 Å². The van der Waals surface area contributed by atoms with Crippen LogP contribution in [0.25, 0.3) is 23.0 Å². The standard InChI is InChI=1S/C24H20N2O2S/c1-28-22-14-12-19(13-15-22)24-20(16-17-29(27)23-10-6-3-7-11-23)18-26(25-24)21-8-4-2-5-9-21/h2-18H,1H3/b17-16+. The van der Waals surface area contributed by atoms with Gasteiger partial charge in [-0.15, -0.1) is 0 Å². The lowest BCUT2D eigenvalue weighted by atomic mass is 10.1. The second-order valence-electron chi connectivity index (χ2n) is 6.35. The van der Waals surface area contributed by atoms with Crippen LogP contribution >= 0.6 is 0 Å². The Balaban J connectivity index is 1.73. The maximum atomic E-state index is 12.6. The van der Waals surface area contributed by atoms with Gasteiger partial charge in [0, 0.05) is 27.6 Å². The lowest BCUT2D eigenvalue weighted by molar-refractivity contribution is 0.415. The Morgan fingerprint density at radius 3 is 2.21 bits per heavy atom. The molecule has 1 unspecified atom stereocenters. The Hall–Kier alpha value is -3.44. The molecule has 4 rings (SSSR count). The lowest BCUT2D eigenvalue weighted by Gasteiger charge is -2.02. The molecule has 0 aliphatic heterocycles. The van der Waals surface area contributed by atoms with Crippen LogP contribution in [0.15, 0.2) is 101 Å². The van der Waals surface area contributed by atoms with Gasteiger partial charge in [0.25, 0.3) is 0 Å². The first kappa shape index (κ1) is 18.9. The number of nitrogens with zero attached hydrogens (tertiary/aromatic N) is 2. The van der Waals surface area contributed by atoms with E-state index in [-0.39, 0.29) is 0 Å². The third-order valence-corrected chi connectivity index (χ3v) is 5.59. The highest BCUT2D eigenvalue weighted by molar-refractivity contribution is 7.88. The highest BCUT2D eigenvalue weighted by Gasteiger charge is 2.11. The zero-order chi connectivity index (χ0) is 20.1. The molecule has 0 bridgehead atoms. The number of rotatable bonds is 6. The summed E-state index contributed by atoms with van der Waals surface area (Å²) in [5.74, 6) is 0.790. The van der Waals surface area contributed by atoms with Crippen LogP contribution in [0.1, 0.15) is 5.56 Å². The first-order valence-electron chi connectivity index (χ1n) is 9.18. The van der Waals surface area contributed by atoms with Crippen molar-refractivity contribution in [3.8, 4) is 22.7 Å². The molecular weight excluding hydrogens is 380 g/mol. The van der Waals surface area contributed by atoms with Gasteiger partial charge < -0.3 is 4.74 Å². The Labute approximate surface area is 172 Å². The summed E-state index contributed by atoms with van der Waals surface area (Å²) in [6, 6.07) is 27.1. The van der Waals surface area contributed by atoms with Crippen molar-refractivity contribution in [1.82, 2.24) is 9.78 Å². The van der Waals surface area contributed by atoms with E-state index in [0.717, 1.165) is 33.2 Å². The minimum atomic E-state index is -1.23. The summed E-state index contributed by atoms with van der Waals surface area (Å²) in [5.41, 5.74) is 3.64. The number of hydrogen-bond donors (Lipinski definition) is 0. The third-order valence-electron chi connectivity index (χ3n) is 4.47. The van der Waals surface area contributed by atoms with Crippen LogP contribution in [0.3, 0.4) is 0 Å². The second-order valence-corrected chi connectivity index (χ2v) is 7.69. The quantitative estimate of drug-likeness (QED) is 0.440. The largest absolute Gasteiger partial charge is 0.497 e. The molecule has 0 aliphatic rings. The predicted octanol–water partition coefficient (Wildman–Crippen LogP) is 5.33. The molecule has 3 aromatic carbocycles. The summed E-state index contributed by atoms with van der Waals surface area (Å²) in [6.45, 7) is 0. The third kappa shape index (κ3) is 4.36. The van der Waals surface area contributed by atoms with E-state index in [9.17, 15) is 4.21 Å². The molecule has 1 atom stereocenters. The van der Waals surface area contributed by atoms with Crippen molar-refractivity contribution in [2.45, 2.75) is 4.90 Å². The van der Waals surface area contributed by atoms with E-state index in [1.807, 2.05) is 102 Å². The number of hydrogen-bond acceptors (Lipinski definition) is 3. The van der Waals surface area contributed by atoms with Crippen molar-refractivity contribution >= 4 is 16.9 Å². The zero-order valence-electron chi connectivity index (χ0n) is 15.9. The highest BCUT2D eigenvalue weighted by atomic mass is 32.2. The Bertz CT molecular complexity index is 1130. The van der Waals surface area contributed by atoms with Crippen molar-refractivity contribution in [1.29, 1.82) is 0 Å². The van der Waals surface area contributed by atoms with E-state index in [2.05, 4.69) is 0 Å². The molecule has 1 aromatic heterocycles. The molecule has 0 N–H and O–H groups in total. The minimum absolute atomic E-state index is 0.769. The molecule has 144 valence electrons. The topological polar surface area (TPSA) is 44.1 Å². The molecule has 5 heteroatoms. The van der Waals surface area contributed by atoms with E-state index in [1.165, 1.54) is 0 Å². The molecule has 0 saturated carbocycles. The van der Waals surface area contributed by atoms with E-state index in [4.69, 9.17) is 9.84 Å². The minimum Gasteiger partial charge on any atom is -0.497 e. The van der Waals surface area contributed by atoms with E-state index < -0.39 is 10.8 Å². The van der Waals surface area contributed by atoms with Crippen molar-refractivity contribution in [3.05, 3.63) is 102 Å². The van der Waals surface area contributed by atoms with Gasteiger partial charge in [0.05, 0.1) is 29.3 Å². The van der Waals surface area contributed by atoms with Crippen LogP contribution in [-0.2, 0) is 10.8 Å². The Kier molecular flexibility index (Phi) is 5.68. The molecule has 0 radical (unpaired) electrons. The number of methoxy groups -OCH3 is 1. The predicted molar refractivity (Wildman–Crippen MR) is 117 cm³/mol. The molecule has 4 aromatic rings. The molecule has 0 amide bonds. The number of aromatic nitrogens is 2. The van der Waals surface area contributed by atoms with Crippen LogP contribution in [0, 0.1) is 0 Å². The number of para-hydroxylation sites is 1. The molecule has 0 aliphatic carbocycles. The Morgan fingerprint density at radius 1 is 0.897 bits per heavy atom. The van der Waals surface area contributed by atoms with Crippen molar-refractivity contribution < 1.29 is 8.95 Å². The van der Waals surface area contributed by atoms with Gasteiger partial charge in [-0.2, -0.15) is 5.10 Å². The van der Waals surface area contributed by atoms with Crippen LogP contribution < -0.4 is 4.74 Å². The maximum Gasteiger partial charge on any atom is 0.118 e. The van der Waals surface area contributed by atoms with E-state index in [1.54, 1.807) is 12.5 Å². The lowest BCUT2D eigenvalue weighted by Crippen LogP contribution is -1.94. The van der Waals surface area contributed by atoms with Gasteiger partial charge in [0.15, 0.2) is 0 Å².